The van der Waals surface area contributed by atoms with Crippen LogP contribution in [0.4, 0.5) is 13.2 Å². The number of aromatic nitrogens is 1. The number of hydrogen-bond acceptors (Lipinski definition) is 4. The molecule has 0 spiro atoms. The van der Waals surface area contributed by atoms with Crippen molar-refractivity contribution in [3.63, 3.8) is 0 Å². The fourth-order valence-electron chi connectivity index (χ4n) is 0.647. The molecule has 0 radical (unpaired) electrons. The van der Waals surface area contributed by atoms with Crippen molar-refractivity contribution in [1.82, 2.24) is 5.16 Å². The summed E-state index contributed by atoms with van der Waals surface area (Å²) in [5, 5.41) is 2.71. The van der Waals surface area contributed by atoms with Gasteiger partial charge in [-0.05, 0) is 0 Å². The maximum Gasteiger partial charge on any atom is 0.436 e. The van der Waals surface area contributed by atoms with Gasteiger partial charge in [-0.1, -0.05) is 5.16 Å². The van der Waals surface area contributed by atoms with Gasteiger partial charge in [-0.2, -0.15) is 13.2 Å². The Morgan fingerprint density at radius 1 is 1.64 bits per heavy atom. The van der Waals surface area contributed by atoms with Crippen molar-refractivity contribution in [2.24, 2.45) is 0 Å². The highest BCUT2D eigenvalue weighted by Gasteiger charge is 2.34. The van der Waals surface area contributed by atoms with E-state index in [-0.39, 0.29) is 5.76 Å². The topological polar surface area (TPSA) is 72.6 Å². The lowest BCUT2D eigenvalue weighted by Crippen LogP contribution is -2.04. The fourth-order valence-corrected chi connectivity index (χ4v) is 0.913. The number of alkyl halides is 3. The van der Waals surface area contributed by atoms with Crippen LogP contribution in [0.1, 0.15) is 11.5 Å². The van der Waals surface area contributed by atoms with E-state index in [1.165, 1.54) is 0 Å². The molecule has 0 aliphatic carbocycles. The quantitative estimate of drug-likeness (QED) is 0.799. The third-order valence-electron chi connectivity index (χ3n) is 1.19. The zero-order valence-corrected chi connectivity index (χ0v) is 7.54. The molecule has 1 N–H and O–H groups in total. The molecule has 0 aliphatic rings. The molecule has 0 amide bonds. The minimum Gasteiger partial charge on any atom is -0.358 e. The van der Waals surface area contributed by atoms with Crippen molar-refractivity contribution in [2.75, 3.05) is 0 Å². The smallest absolute Gasteiger partial charge is 0.358 e. The molecule has 1 unspecified atom stereocenters. The van der Waals surface area contributed by atoms with E-state index in [1.54, 1.807) is 0 Å². The Labute approximate surface area is 76.4 Å². The summed E-state index contributed by atoms with van der Waals surface area (Å²) in [6, 6.07) is 0.602. The molecule has 5 nitrogen and oxygen atoms in total. The van der Waals surface area contributed by atoms with Gasteiger partial charge in [0.2, 0.25) is 0 Å². The predicted octanol–water partition coefficient (Wildman–Crippen LogP) is 1.59. The van der Waals surface area contributed by atoms with E-state index in [1.807, 2.05) is 0 Å². The van der Waals surface area contributed by atoms with Gasteiger partial charge in [0.05, 0.1) is 0 Å². The lowest BCUT2D eigenvalue weighted by molar-refractivity contribution is -0.142. The molecule has 9 heteroatoms. The molecule has 0 fully saturated rings. The van der Waals surface area contributed by atoms with Gasteiger partial charge < -0.3 is 13.9 Å². The van der Waals surface area contributed by atoms with Crippen LogP contribution in [0.2, 0.25) is 0 Å². The Hall–Kier alpha value is -0.850. The molecule has 1 heterocycles. The minimum atomic E-state index is -4.59. The molecule has 0 aliphatic heterocycles. The first-order chi connectivity index (χ1) is 6.39. The average molecular weight is 231 g/mol. The van der Waals surface area contributed by atoms with E-state index >= 15 is 0 Å². The summed E-state index contributed by atoms with van der Waals surface area (Å²) in [4.78, 5) is 8.22. The van der Waals surface area contributed by atoms with Crippen molar-refractivity contribution in [2.45, 2.75) is 12.8 Å². The Bertz CT molecular complexity index is 336. The highest BCUT2D eigenvalue weighted by molar-refractivity contribution is 7.32. The van der Waals surface area contributed by atoms with E-state index in [4.69, 9.17) is 4.89 Å². The predicted molar refractivity (Wildman–Crippen MR) is 37.5 cm³/mol. The second-order valence-electron chi connectivity index (χ2n) is 2.23. The summed E-state index contributed by atoms with van der Waals surface area (Å²) in [5.41, 5.74) is -1.20. The largest absolute Gasteiger partial charge is 0.436 e. The molecular weight excluding hydrogens is 226 g/mol. The number of nitrogens with zero attached hydrogens (tertiary/aromatic N) is 1. The number of halogens is 3. The van der Waals surface area contributed by atoms with Crippen LogP contribution < -0.4 is 0 Å². The van der Waals surface area contributed by atoms with Crippen LogP contribution in [0.15, 0.2) is 10.6 Å². The van der Waals surface area contributed by atoms with Gasteiger partial charge in [-0.25, -0.2) is 0 Å². The normalized spacial score (nSPS) is 14.3. The maximum absolute atomic E-state index is 11.9. The van der Waals surface area contributed by atoms with Crippen LogP contribution in [0, 0.1) is 0 Å². The fraction of sp³-hybridized carbons (Fsp3) is 0.400. The van der Waals surface area contributed by atoms with Gasteiger partial charge in [0.15, 0.2) is 11.5 Å². The first kappa shape index (κ1) is 11.2. The van der Waals surface area contributed by atoms with Crippen LogP contribution >= 0.6 is 8.25 Å². The SMILES string of the molecule is O=[PH](O)OCc1cc(C(F)(F)F)no1. The van der Waals surface area contributed by atoms with Crippen molar-refractivity contribution >= 4 is 8.25 Å². The molecule has 1 rings (SSSR count). The van der Waals surface area contributed by atoms with Crippen LogP contribution in [0.3, 0.4) is 0 Å². The highest BCUT2D eigenvalue weighted by Crippen LogP contribution is 2.29. The molecular formula is C5H5F3NO4P. The standard InChI is InChI=1S/C5H5F3NO4P/c6-5(7,8)4-1-3(13-9-4)2-12-14(10)11/h1,14H,2H2,(H,10,11). The molecule has 1 aromatic heterocycles. The lowest BCUT2D eigenvalue weighted by atomic mass is 10.4. The van der Waals surface area contributed by atoms with Gasteiger partial charge in [-0.15, -0.1) is 0 Å². The van der Waals surface area contributed by atoms with Gasteiger partial charge in [0.1, 0.15) is 6.61 Å². The second kappa shape index (κ2) is 4.12. The van der Waals surface area contributed by atoms with Crippen molar-refractivity contribution in [3.8, 4) is 0 Å². The summed E-state index contributed by atoms with van der Waals surface area (Å²) >= 11 is 0. The number of rotatable bonds is 3. The molecule has 80 valence electrons. The summed E-state index contributed by atoms with van der Waals surface area (Å²) in [6.45, 7) is -0.516. The van der Waals surface area contributed by atoms with Crippen LogP contribution in [-0.2, 0) is 21.9 Å². The molecule has 0 saturated heterocycles. The Kier molecular flexibility index (Phi) is 3.30. The molecule has 0 aromatic carbocycles. The third kappa shape index (κ3) is 3.13. The van der Waals surface area contributed by atoms with Crippen LogP contribution in [0.25, 0.3) is 0 Å². The highest BCUT2D eigenvalue weighted by atomic mass is 31.1. The van der Waals surface area contributed by atoms with Crippen LogP contribution in [0.5, 0.6) is 0 Å². The Balaban J connectivity index is 2.64. The molecule has 1 aromatic rings. The Morgan fingerprint density at radius 2 is 2.29 bits per heavy atom. The summed E-state index contributed by atoms with van der Waals surface area (Å²) in [7, 11) is -3.18. The first-order valence-electron chi connectivity index (χ1n) is 3.28. The van der Waals surface area contributed by atoms with Crippen molar-refractivity contribution < 1.29 is 31.7 Å². The Morgan fingerprint density at radius 3 is 2.71 bits per heavy atom. The summed E-state index contributed by atoms with van der Waals surface area (Å²) in [6.07, 6.45) is -4.59. The van der Waals surface area contributed by atoms with E-state index in [2.05, 4.69) is 14.2 Å². The van der Waals surface area contributed by atoms with E-state index in [0.29, 0.717) is 6.07 Å². The first-order valence-corrected chi connectivity index (χ1v) is 4.54. The van der Waals surface area contributed by atoms with E-state index < -0.39 is 26.7 Å². The summed E-state index contributed by atoms with van der Waals surface area (Å²) in [5.74, 6) is -0.260. The zero-order chi connectivity index (χ0) is 10.8. The second-order valence-corrected chi connectivity index (χ2v) is 3.05. The van der Waals surface area contributed by atoms with E-state index in [9.17, 15) is 17.7 Å². The van der Waals surface area contributed by atoms with Gasteiger partial charge in [0.25, 0.3) is 0 Å². The van der Waals surface area contributed by atoms with Gasteiger partial charge in [0, 0.05) is 6.07 Å². The zero-order valence-electron chi connectivity index (χ0n) is 6.54. The average Bonchev–Trinajstić information content (AvgIpc) is 2.47. The minimum absolute atomic E-state index is 0.260. The maximum atomic E-state index is 11.9. The van der Waals surface area contributed by atoms with Crippen molar-refractivity contribution in [1.29, 1.82) is 0 Å². The van der Waals surface area contributed by atoms with Gasteiger partial charge >= 0.3 is 14.4 Å². The molecule has 0 saturated carbocycles. The number of hydrogen-bond donors (Lipinski definition) is 1. The van der Waals surface area contributed by atoms with Crippen LogP contribution in [-0.4, -0.2) is 10.1 Å². The molecule has 1 atom stereocenters. The van der Waals surface area contributed by atoms with Gasteiger partial charge in [-0.3, -0.25) is 4.57 Å². The monoisotopic (exact) mass is 231 g/mol. The van der Waals surface area contributed by atoms with E-state index in [0.717, 1.165) is 0 Å². The summed E-state index contributed by atoms with van der Waals surface area (Å²) < 4.78 is 54.2. The molecule has 14 heavy (non-hydrogen) atoms. The third-order valence-corrected chi connectivity index (χ3v) is 1.58. The lowest BCUT2D eigenvalue weighted by Gasteiger charge is -1.97. The van der Waals surface area contributed by atoms with Crippen molar-refractivity contribution in [3.05, 3.63) is 17.5 Å². The molecule has 0 bridgehead atoms.